The number of hydrogen-bond donors (Lipinski definition) is 1. The molecule has 1 aromatic carbocycles. The van der Waals surface area contributed by atoms with Crippen molar-refractivity contribution in [2.75, 3.05) is 7.05 Å². The number of halogens is 6. The van der Waals surface area contributed by atoms with Gasteiger partial charge in [0.1, 0.15) is 0 Å². The van der Waals surface area contributed by atoms with Crippen LogP contribution in [-0.4, -0.2) is 13.1 Å². The fourth-order valence-electron chi connectivity index (χ4n) is 2.28. The highest BCUT2D eigenvalue weighted by molar-refractivity contribution is 5.35. The fraction of sp³-hybridized carbons (Fsp3) is 0.571. The average Bonchev–Trinajstić information content (AvgIpc) is 2.37. The monoisotopic (exact) mass is 313 g/mol. The normalized spacial score (nSPS) is 15.9. The zero-order valence-electron chi connectivity index (χ0n) is 11.9. The molecule has 0 saturated heterocycles. The van der Waals surface area contributed by atoms with Crippen LogP contribution in [0, 0.1) is 0 Å². The van der Waals surface area contributed by atoms with Crippen LogP contribution in [0.15, 0.2) is 18.2 Å². The van der Waals surface area contributed by atoms with Crippen LogP contribution in [0.5, 0.6) is 0 Å². The molecule has 0 aliphatic rings. The summed E-state index contributed by atoms with van der Waals surface area (Å²) in [4.78, 5) is 0. The van der Waals surface area contributed by atoms with Gasteiger partial charge in [-0.3, -0.25) is 0 Å². The van der Waals surface area contributed by atoms with E-state index in [1.807, 2.05) is 6.92 Å². The van der Waals surface area contributed by atoms with Crippen molar-refractivity contribution in [3.8, 4) is 0 Å². The van der Waals surface area contributed by atoms with E-state index < -0.39 is 29.4 Å². The van der Waals surface area contributed by atoms with Crippen LogP contribution in [0.4, 0.5) is 26.3 Å². The number of benzene rings is 1. The van der Waals surface area contributed by atoms with Crippen LogP contribution in [0.3, 0.4) is 0 Å². The summed E-state index contributed by atoms with van der Waals surface area (Å²) in [5.41, 5.74) is -2.52. The third-order valence-corrected chi connectivity index (χ3v) is 3.55. The maximum atomic E-state index is 12.8. The molecule has 0 bridgehead atoms. The van der Waals surface area contributed by atoms with E-state index >= 15 is 0 Å². The Morgan fingerprint density at radius 1 is 0.952 bits per heavy atom. The molecule has 2 atom stereocenters. The maximum absolute atomic E-state index is 12.8. The van der Waals surface area contributed by atoms with Crippen molar-refractivity contribution < 1.29 is 26.3 Å². The van der Waals surface area contributed by atoms with Crippen LogP contribution >= 0.6 is 0 Å². The molecule has 1 aromatic rings. The van der Waals surface area contributed by atoms with E-state index in [2.05, 4.69) is 5.32 Å². The second-order valence-corrected chi connectivity index (χ2v) is 4.93. The topological polar surface area (TPSA) is 12.0 Å². The summed E-state index contributed by atoms with van der Waals surface area (Å²) in [6, 6.07) is 1.53. The van der Waals surface area contributed by atoms with Crippen molar-refractivity contribution in [2.45, 2.75) is 44.6 Å². The van der Waals surface area contributed by atoms with E-state index in [1.165, 1.54) is 0 Å². The molecule has 1 rings (SSSR count). The lowest BCUT2D eigenvalue weighted by Crippen LogP contribution is -2.30. The molecule has 21 heavy (non-hydrogen) atoms. The Bertz CT molecular complexity index is 441. The molecular weight excluding hydrogens is 296 g/mol. The van der Waals surface area contributed by atoms with Crippen molar-refractivity contribution in [1.29, 1.82) is 0 Å². The highest BCUT2D eigenvalue weighted by Gasteiger charge is 2.37. The predicted molar refractivity (Wildman–Crippen MR) is 68.0 cm³/mol. The van der Waals surface area contributed by atoms with Gasteiger partial charge in [0.2, 0.25) is 0 Å². The standard InChI is InChI=1S/C14H17F6N/c1-4-12(21-3)8(2)9-5-10(13(15,16)17)7-11(6-9)14(18,19)20/h5-8,12,21H,4H2,1-3H3. The van der Waals surface area contributed by atoms with Crippen molar-refractivity contribution in [2.24, 2.45) is 0 Å². The number of rotatable bonds is 4. The number of alkyl halides is 6. The van der Waals surface area contributed by atoms with E-state index in [-0.39, 0.29) is 17.7 Å². The van der Waals surface area contributed by atoms with E-state index in [1.54, 1.807) is 14.0 Å². The quantitative estimate of drug-likeness (QED) is 0.785. The zero-order valence-corrected chi connectivity index (χ0v) is 11.9. The molecule has 0 fully saturated rings. The molecule has 1 N–H and O–H groups in total. The highest BCUT2D eigenvalue weighted by atomic mass is 19.4. The molecule has 120 valence electrons. The first kappa shape index (κ1) is 17.8. The van der Waals surface area contributed by atoms with Crippen molar-refractivity contribution in [3.05, 3.63) is 34.9 Å². The number of nitrogens with one attached hydrogen (secondary N) is 1. The summed E-state index contributed by atoms with van der Waals surface area (Å²) < 4.78 is 76.7. The molecule has 7 heteroatoms. The van der Waals surface area contributed by atoms with Gasteiger partial charge in [-0.1, -0.05) is 13.8 Å². The lowest BCUT2D eigenvalue weighted by atomic mass is 9.89. The largest absolute Gasteiger partial charge is 0.416 e. The van der Waals surface area contributed by atoms with Crippen LogP contribution in [0.2, 0.25) is 0 Å². The molecule has 0 aromatic heterocycles. The molecule has 0 radical (unpaired) electrons. The highest BCUT2D eigenvalue weighted by Crippen LogP contribution is 2.38. The van der Waals surface area contributed by atoms with Crippen molar-refractivity contribution in [3.63, 3.8) is 0 Å². The van der Waals surface area contributed by atoms with Crippen molar-refractivity contribution in [1.82, 2.24) is 5.32 Å². The molecule has 2 unspecified atom stereocenters. The smallest absolute Gasteiger partial charge is 0.316 e. The summed E-state index contributed by atoms with van der Waals surface area (Å²) in [7, 11) is 1.63. The van der Waals surface area contributed by atoms with Gasteiger partial charge in [-0.2, -0.15) is 26.3 Å². The molecular formula is C14H17F6N. The van der Waals surface area contributed by atoms with Crippen LogP contribution in [0.1, 0.15) is 42.9 Å². The summed E-state index contributed by atoms with van der Waals surface area (Å²) in [5, 5.41) is 2.90. The summed E-state index contributed by atoms with van der Waals surface area (Å²) in [6.45, 7) is 3.43. The molecule has 0 heterocycles. The van der Waals surface area contributed by atoms with E-state index in [0.717, 1.165) is 12.1 Å². The average molecular weight is 313 g/mol. The Balaban J connectivity index is 3.38. The Morgan fingerprint density at radius 3 is 1.67 bits per heavy atom. The summed E-state index contributed by atoms with van der Waals surface area (Å²) in [6.07, 6.45) is -9.02. The molecule has 1 nitrogen and oxygen atoms in total. The first-order valence-electron chi connectivity index (χ1n) is 6.47. The predicted octanol–water partition coefficient (Wildman–Crippen LogP) is 4.83. The van der Waals surface area contributed by atoms with E-state index in [0.29, 0.717) is 6.42 Å². The van der Waals surface area contributed by atoms with Crippen molar-refractivity contribution >= 4 is 0 Å². The Kier molecular flexibility index (Phi) is 5.30. The molecule has 0 amide bonds. The SMILES string of the molecule is CCC(NC)C(C)c1cc(C(F)(F)F)cc(C(F)(F)F)c1. The Labute approximate surface area is 119 Å². The minimum absolute atomic E-state index is 0.0263. The lowest BCUT2D eigenvalue weighted by molar-refractivity contribution is -0.143. The van der Waals surface area contributed by atoms with E-state index in [9.17, 15) is 26.3 Å². The summed E-state index contributed by atoms with van der Waals surface area (Å²) >= 11 is 0. The second kappa shape index (κ2) is 6.25. The van der Waals surface area contributed by atoms with Gasteiger partial charge < -0.3 is 5.32 Å². The first-order valence-corrected chi connectivity index (χ1v) is 6.47. The van der Waals surface area contributed by atoms with Crippen LogP contribution in [0.25, 0.3) is 0 Å². The Hall–Kier alpha value is -1.24. The number of likely N-dealkylation sites (N-methyl/N-ethyl adjacent to an activating group) is 1. The summed E-state index contributed by atoms with van der Waals surface area (Å²) in [5.74, 6) is -0.469. The fourth-order valence-corrected chi connectivity index (χ4v) is 2.28. The Morgan fingerprint density at radius 2 is 1.38 bits per heavy atom. The molecule has 0 aliphatic heterocycles. The van der Waals surface area contributed by atoms with E-state index in [4.69, 9.17) is 0 Å². The van der Waals surface area contributed by atoms with Gasteiger partial charge in [-0.15, -0.1) is 0 Å². The van der Waals surface area contributed by atoms with Crippen LogP contribution in [-0.2, 0) is 12.4 Å². The minimum atomic E-state index is -4.81. The second-order valence-electron chi connectivity index (χ2n) is 4.93. The minimum Gasteiger partial charge on any atom is -0.316 e. The molecule has 0 spiro atoms. The number of hydrogen-bond acceptors (Lipinski definition) is 1. The zero-order chi connectivity index (χ0) is 16.4. The van der Waals surface area contributed by atoms with Gasteiger partial charge >= 0.3 is 12.4 Å². The van der Waals surface area contributed by atoms with Gasteiger partial charge in [-0.05, 0) is 43.1 Å². The van der Waals surface area contributed by atoms with Crippen LogP contribution < -0.4 is 5.32 Å². The lowest BCUT2D eigenvalue weighted by Gasteiger charge is -2.24. The van der Waals surface area contributed by atoms with Gasteiger partial charge in [0.15, 0.2) is 0 Å². The molecule has 0 aliphatic carbocycles. The van der Waals surface area contributed by atoms with Gasteiger partial charge in [0.25, 0.3) is 0 Å². The van der Waals surface area contributed by atoms with Gasteiger partial charge in [0.05, 0.1) is 11.1 Å². The molecule has 0 saturated carbocycles. The van der Waals surface area contributed by atoms with Gasteiger partial charge in [-0.25, -0.2) is 0 Å². The maximum Gasteiger partial charge on any atom is 0.416 e. The third-order valence-electron chi connectivity index (χ3n) is 3.55. The first-order chi connectivity index (χ1) is 9.50. The van der Waals surface area contributed by atoms with Gasteiger partial charge in [0, 0.05) is 6.04 Å². The third kappa shape index (κ3) is 4.36.